The molecule has 24 heavy (non-hydrogen) atoms. The first-order chi connectivity index (χ1) is 11.5. The number of hydrogen-bond donors (Lipinski definition) is 1. The van der Waals surface area contributed by atoms with Crippen LogP contribution in [-0.4, -0.2) is 6.10 Å². The lowest BCUT2D eigenvalue weighted by Gasteiger charge is -2.15. The van der Waals surface area contributed by atoms with Crippen LogP contribution in [-0.2, 0) is 6.42 Å². The largest absolute Gasteiger partial charge is 0.491 e. The van der Waals surface area contributed by atoms with Crippen LogP contribution < -0.4 is 10.5 Å². The van der Waals surface area contributed by atoms with Gasteiger partial charge in [0, 0.05) is 5.69 Å². The first kappa shape index (κ1) is 16.4. The fourth-order valence-corrected chi connectivity index (χ4v) is 3.17. The maximum atomic E-state index is 6.01. The van der Waals surface area contributed by atoms with Crippen molar-refractivity contribution in [2.75, 3.05) is 5.73 Å². The van der Waals surface area contributed by atoms with Crippen LogP contribution in [0, 0.1) is 6.92 Å². The van der Waals surface area contributed by atoms with E-state index in [9.17, 15) is 0 Å². The predicted molar refractivity (Wildman–Crippen MR) is 104 cm³/mol. The lowest BCUT2D eigenvalue weighted by atomic mass is 9.97. The normalized spacial score (nSPS) is 11.2. The smallest absolute Gasteiger partial charge is 0.122 e. The molecule has 0 unspecified atom stereocenters. The third-order valence-electron chi connectivity index (χ3n) is 4.32. The molecular formula is C22H25NO. The van der Waals surface area contributed by atoms with Crippen molar-refractivity contribution in [3.05, 3.63) is 59.7 Å². The summed E-state index contributed by atoms with van der Waals surface area (Å²) in [6.45, 7) is 8.38. The number of rotatable bonds is 4. The van der Waals surface area contributed by atoms with Gasteiger partial charge in [-0.3, -0.25) is 0 Å². The summed E-state index contributed by atoms with van der Waals surface area (Å²) in [7, 11) is 0. The van der Waals surface area contributed by atoms with E-state index in [4.69, 9.17) is 10.5 Å². The van der Waals surface area contributed by atoms with Gasteiger partial charge >= 0.3 is 0 Å². The van der Waals surface area contributed by atoms with Gasteiger partial charge in [-0.1, -0.05) is 25.1 Å². The van der Waals surface area contributed by atoms with E-state index in [0.29, 0.717) is 0 Å². The molecule has 0 atom stereocenters. The summed E-state index contributed by atoms with van der Waals surface area (Å²) in [5.41, 5.74) is 11.7. The van der Waals surface area contributed by atoms with Gasteiger partial charge in [-0.25, -0.2) is 0 Å². The highest BCUT2D eigenvalue weighted by molar-refractivity contribution is 5.92. The molecule has 0 aromatic heterocycles. The fraction of sp³-hybridized carbons (Fsp3) is 0.273. The summed E-state index contributed by atoms with van der Waals surface area (Å²) in [5.74, 6) is 0.983. The first-order valence-corrected chi connectivity index (χ1v) is 8.57. The molecule has 2 heteroatoms. The molecule has 3 aromatic rings. The molecule has 0 amide bonds. The van der Waals surface area contributed by atoms with Crippen molar-refractivity contribution in [2.45, 2.75) is 40.2 Å². The van der Waals surface area contributed by atoms with Crippen molar-refractivity contribution >= 4 is 16.5 Å². The maximum absolute atomic E-state index is 6.01. The second kappa shape index (κ2) is 6.56. The third kappa shape index (κ3) is 3.23. The number of aryl methyl sites for hydroxylation is 2. The number of fused-ring (bicyclic) bond motifs is 1. The predicted octanol–water partition coefficient (Wildman–Crippen LogP) is 5.75. The number of anilines is 1. The van der Waals surface area contributed by atoms with E-state index in [1.807, 2.05) is 12.1 Å². The third-order valence-corrected chi connectivity index (χ3v) is 4.32. The van der Waals surface area contributed by atoms with Crippen molar-refractivity contribution in [1.82, 2.24) is 0 Å². The molecular weight excluding hydrogens is 294 g/mol. The molecule has 0 spiro atoms. The second-order valence-electron chi connectivity index (χ2n) is 6.62. The maximum Gasteiger partial charge on any atom is 0.122 e. The fourth-order valence-electron chi connectivity index (χ4n) is 3.17. The highest BCUT2D eigenvalue weighted by atomic mass is 16.5. The van der Waals surface area contributed by atoms with Crippen LogP contribution >= 0.6 is 0 Å². The molecule has 0 saturated heterocycles. The topological polar surface area (TPSA) is 35.2 Å². The molecule has 0 fully saturated rings. The van der Waals surface area contributed by atoms with Crippen LogP contribution in [0.4, 0.5) is 5.69 Å². The van der Waals surface area contributed by atoms with E-state index in [-0.39, 0.29) is 6.10 Å². The van der Waals surface area contributed by atoms with E-state index in [2.05, 4.69) is 64.1 Å². The molecule has 2 N–H and O–H groups in total. The minimum Gasteiger partial charge on any atom is -0.491 e. The van der Waals surface area contributed by atoms with Gasteiger partial charge < -0.3 is 10.5 Å². The Bertz CT molecular complexity index is 881. The number of nitrogen functional groups attached to an aromatic ring is 1. The van der Waals surface area contributed by atoms with Gasteiger partial charge in [0.2, 0.25) is 0 Å². The Hall–Kier alpha value is -2.48. The van der Waals surface area contributed by atoms with Crippen molar-refractivity contribution in [3.63, 3.8) is 0 Å². The van der Waals surface area contributed by atoms with Crippen molar-refractivity contribution in [2.24, 2.45) is 0 Å². The van der Waals surface area contributed by atoms with E-state index >= 15 is 0 Å². The van der Waals surface area contributed by atoms with Gasteiger partial charge in [-0.2, -0.15) is 0 Å². The summed E-state index contributed by atoms with van der Waals surface area (Å²) >= 11 is 0. The molecule has 2 nitrogen and oxygen atoms in total. The Morgan fingerprint density at radius 2 is 1.67 bits per heavy atom. The average Bonchev–Trinajstić information content (AvgIpc) is 2.54. The standard InChI is InChI=1S/C22H25NO/c1-5-16-11-18(7-9-22(16)24-14(2)3)17-6-8-21-15(4)10-20(23)13-19(21)12-17/h6-14H,5,23H2,1-4H3. The summed E-state index contributed by atoms with van der Waals surface area (Å²) < 4.78 is 5.91. The van der Waals surface area contributed by atoms with Gasteiger partial charge in [0.1, 0.15) is 5.75 Å². The lowest BCUT2D eigenvalue weighted by Crippen LogP contribution is -2.07. The van der Waals surface area contributed by atoms with Crippen LogP contribution in [0.15, 0.2) is 48.5 Å². The highest BCUT2D eigenvalue weighted by Gasteiger charge is 2.08. The molecule has 0 aliphatic heterocycles. The molecule has 0 saturated carbocycles. The zero-order valence-corrected chi connectivity index (χ0v) is 14.9. The van der Waals surface area contributed by atoms with Crippen LogP contribution in [0.25, 0.3) is 21.9 Å². The molecule has 3 rings (SSSR count). The zero-order valence-electron chi connectivity index (χ0n) is 14.9. The SMILES string of the molecule is CCc1cc(-c2ccc3c(C)cc(N)cc3c2)ccc1OC(C)C. The molecule has 3 aromatic carbocycles. The van der Waals surface area contributed by atoms with Crippen molar-refractivity contribution in [1.29, 1.82) is 0 Å². The molecule has 0 radical (unpaired) electrons. The Morgan fingerprint density at radius 1 is 0.958 bits per heavy atom. The summed E-state index contributed by atoms with van der Waals surface area (Å²) in [6.07, 6.45) is 1.14. The van der Waals surface area contributed by atoms with E-state index in [0.717, 1.165) is 17.9 Å². The summed E-state index contributed by atoms with van der Waals surface area (Å²) in [6, 6.07) is 17.1. The lowest BCUT2D eigenvalue weighted by molar-refractivity contribution is 0.240. The molecule has 124 valence electrons. The highest BCUT2D eigenvalue weighted by Crippen LogP contribution is 2.31. The van der Waals surface area contributed by atoms with Gasteiger partial charge in [0.25, 0.3) is 0 Å². The number of benzene rings is 3. The van der Waals surface area contributed by atoms with E-state index in [1.54, 1.807) is 0 Å². The monoisotopic (exact) mass is 319 g/mol. The molecule has 0 aliphatic carbocycles. The minimum absolute atomic E-state index is 0.188. The van der Waals surface area contributed by atoms with E-state index < -0.39 is 0 Å². The van der Waals surface area contributed by atoms with Crippen LogP contribution in [0.3, 0.4) is 0 Å². The van der Waals surface area contributed by atoms with E-state index in [1.165, 1.54) is 33.0 Å². The summed E-state index contributed by atoms with van der Waals surface area (Å²) in [5, 5.41) is 2.44. The van der Waals surface area contributed by atoms with Gasteiger partial charge in [-0.05, 0) is 90.6 Å². The molecule has 0 heterocycles. The first-order valence-electron chi connectivity index (χ1n) is 8.57. The number of nitrogens with two attached hydrogens (primary N) is 1. The Kier molecular flexibility index (Phi) is 4.48. The zero-order chi connectivity index (χ0) is 17.3. The van der Waals surface area contributed by atoms with Crippen molar-refractivity contribution < 1.29 is 4.74 Å². The van der Waals surface area contributed by atoms with Gasteiger partial charge in [0.15, 0.2) is 0 Å². The number of hydrogen-bond acceptors (Lipinski definition) is 2. The van der Waals surface area contributed by atoms with Crippen LogP contribution in [0.2, 0.25) is 0 Å². The quantitative estimate of drug-likeness (QED) is 0.622. The van der Waals surface area contributed by atoms with Crippen molar-refractivity contribution in [3.8, 4) is 16.9 Å². The number of ether oxygens (including phenoxy) is 1. The van der Waals surface area contributed by atoms with Crippen LogP contribution in [0.1, 0.15) is 31.9 Å². The average molecular weight is 319 g/mol. The molecule has 0 bridgehead atoms. The Labute approximate surface area is 144 Å². The Morgan fingerprint density at radius 3 is 2.38 bits per heavy atom. The second-order valence-corrected chi connectivity index (χ2v) is 6.62. The Balaban J connectivity index is 2.06. The van der Waals surface area contributed by atoms with Gasteiger partial charge in [0.05, 0.1) is 6.10 Å². The van der Waals surface area contributed by atoms with Gasteiger partial charge in [-0.15, -0.1) is 0 Å². The minimum atomic E-state index is 0.188. The summed E-state index contributed by atoms with van der Waals surface area (Å²) in [4.78, 5) is 0. The van der Waals surface area contributed by atoms with Crippen LogP contribution in [0.5, 0.6) is 5.75 Å². The molecule has 0 aliphatic rings.